The smallest absolute Gasteiger partial charge is 0.339 e. The Bertz CT molecular complexity index is 1100. The van der Waals surface area contributed by atoms with Crippen molar-refractivity contribution in [3.05, 3.63) is 82.9 Å². The zero-order valence-electron chi connectivity index (χ0n) is 17.8. The number of methoxy groups -OCH3 is 3. The number of benzene rings is 3. The van der Waals surface area contributed by atoms with Gasteiger partial charge in [0.25, 0.3) is 5.91 Å². The summed E-state index contributed by atoms with van der Waals surface area (Å²) in [6.45, 7) is 0. The fourth-order valence-electron chi connectivity index (χ4n) is 2.99. The Morgan fingerprint density at radius 2 is 1.47 bits per heavy atom. The van der Waals surface area contributed by atoms with Crippen LogP contribution in [0.5, 0.6) is 17.2 Å². The normalized spacial score (nSPS) is 11.2. The molecule has 1 amide bonds. The summed E-state index contributed by atoms with van der Waals surface area (Å²) in [5, 5.41) is 3.07. The van der Waals surface area contributed by atoms with Gasteiger partial charge in [0, 0.05) is 11.3 Å². The van der Waals surface area contributed by atoms with E-state index in [1.807, 2.05) is 0 Å². The minimum Gasteiger partial charge on any atom is -0.495 e. The molecule has 0 aromatic heterocycles. The number of anilines is 1. The molecule has 32 heavy (non-hydrogen) atoms. The molecule has 0 bridgehead atoms. The molecule has 0 fully saturated rings. The first kappa shape index (κ1) is 23.0. The molecule has 8 heteroatoms. The molecular formula is C24H22ClNO6. The van der Waals surface area contributed by atoms with Gasteiger partial charge in [-0.3, -0.25) is 4.79 Å². The highest BCUT2D eigenvalue weighted by atomic mass is 35.5. The van der Waals surface area contributed by atoms with Crippen molar-refractivity contribution >= 4 is 29.2 Å². The molecule has 3 aromatic carbocycles. The van der Waals surface area contributed by atoms with E-state index in [2.05, 4.69) is 5.32 Å². The third-order valence-corrected chi connectivity index (χ3v) is 4.90. The van der Waals surface area contributed by atoms with Crippen molar-refractivity contribution in [2.24, 2.45) is 0 Å². The highest BCUT2D eigenvalue weighted by Gasteiger charge is 2.26. The number of carbonyl (C=O) groups is 2. The van der Waals surface area contributed by atoms with E-state index in [1.54, 1.807) is 54.6 Å². The molecule has 1 N–H and O–H groups in total. The summed E-state index contributed by atoms with van der Waals surface area (Å²) in [7, 11) is 4.46. The van der Waals surface area contributed by atoms with E-state index in [-0.39, 0.29) is 5.56 Å². The number of hydrogen-bond donors (Lipinski definition) is 1. The number of halogens is 1. The minimum atomic E-state index is -1.20. The molecule has 1 unspecified atom stereocenters. The first-order chi connectivity index (χ1) is 15.5. The third-order valence-electron chi connectivity index (χ3n) is 4.60. The second kappa shape index (κ2) is 10.5. The third kappa shape index (κ3) is 5.31. The summed E-state index contributed by atoms with van der Waals surface area (Å²) in [5.74, 6) is 0.0893. The Morgan fingerprint density at radius 3 is 2.09 bits per heavy atom. The van der Waals surface area contributed by atoms with Crippen molar-refractivity contribution in [1.82, 2.24) is 0 Å². The van der Waals surface area contributed by atoms with Crippen molar-refractivity contribution in [2.45, 2.75) is 6.10 Å². The number of ether oxygens (including phenoxy) is 4. The molecule has 0 aliphatic rings. The number of amides is 1. The Hall–Kier alpha value is -3.71. The molecule has 1 atom stereocenters. The maximum Gasteiger partial charge on any atom is 0.339 e. The highest BCUT2D eigenvalue weighted by Crippen LogP contribution is 2.30. The SMILES string of the molecule is COc1ccc(NC(=O)C(OC(=O)c2ccc(OC)c(OC)c2)c2ccccc2)cc1Cl. The zero-order valence-corrected chi connectivity index (χ0v) is 18.5. The fourth-order valence-corrected chi connectivity index (χ4v) is 3.25. The monoisotopic (exact) mass is 455 g/mol. The standard InChI is InChI=1S/C24H22ClNO6/c1-29-19-12-10-17(14-18(19)25)26-23(27)22(15-7-5-4-6-8-15)32-24(28)16-9-11-20(30-2)21(13-16)31-3/h4-14,22H,1-3H3,(H,26,27). The lowest BCUT2D eigenvalue weighted by atomic mass is 10.1. The lowest BCUT2D eigenvalue weighted by molar-refractivity contribution is -0.125. The number of esters is 1. The summed E-state index contributed by atoms with van der Waals surface area (Å²) in [6.07, 6.45) is -1.20. The van der Waals surface area contributed by atoms with Crippen LogP contribution in [0.2, 0.25) is 5.02 Å². The van der Waals surface area contributed by atoms with E-state index in [4.69, 9.17) is 30.5 Å². The Kier molecular flexibility index (Phi) is 7.57. The predicted octanol–water partition coefficient (Wildman–Crippen LogP) is 4.90. The molecule has 3 rings (SSSR count). The van der Waals surface area contributed by atoms with Gasteiger partial charge in [0.15, 0.2) is 11.5 Å². The maximum atomic E-state index is 13.1. The van der Waals surface area contributed by atoms with E-state index < -0.39 is 18.0 Å². The van der Waals surface area contributed by atoms with Crippen LogP contribution < -0.4 is 19.5 Å². The number of hydrogen-bond acceptors (Lipinski definition) is 6. The van der Waals surface area contributed by atoms with Crippen LogP contribution in [0, 0.1) is 0 Å². The first-order valence-corrected chi connectivity index (χ1v) is 9.97. The molecule has 0 heterocycles. The molecule has 0 radical (unpaired) electrons. The largest absolute Gasteiger partial charge is 0.495 e. The van der Waals surface area contributed by atoms with Crippen molar-refractivity contribution in [2.75, 3.05) is 26.6 Å². The van der Waals surface area contributed by atoms with Crippen LogP contribution in [0.3, 0.4) is 0 Å². The fraction of sp³-hybridized carbons (Fsp3) is 0.167. The van der Waals surface area contributed by atoms with Crippen molar-refractivity contribution in [3.63, 3.8) is 0 Å². The maximum absolute atomic E-state index is 13.1. The summed E-state index contributed by atoms with van der Waals surface area (Å²) >= 11 is 6.14. The van der Waals surface area contributed by atoms with Crippen molar-refractivity contribution in [1.29, 1.82) is 0 Å². The number of nitrogens with one attached hydrogen (secondary N) is 1. The average molecular weight is 456 g/mol. The van der Waals surface area contributed by atoms with E-state index in [1.165, 1.54) is 33.5 Å². The van der Waals surface area contributed by atoms with Crippen LogP contribution in [0.25, 0.3) is 0 Å². The van der Waals surface area contributed by atoms with Crippen LogP contribution in [0.15, 0.2) is 66.7 Å². The summed E-state index contributed by atoms with van der Waals surface area (Å²) in [6, 6.07) is 18.2. The minimum absolute atomic E-state index is 0.212. The zero-order chi connectivity index (χ0) is 23.1. The summed E-state index contributed by atoms with van der Waals surface area (Å²) < 4.78 is 21.2. The number of rotatable bonds is 8. The quantitative estimate of drug-likeness (QED) is 0.486. The van der Waals surface area contributed by atoms with Crippen LogP contribution in [0.1, 0.15) is 22.0 Å². The molecule has 166 valence electrons. The topological polar surface area (TPSA) is 83.1 Å². The number of carbonyl (C=O) groups excluding carboxylic acids is 2. The van der Waals surface area contributed by atoms with E-state index in [0.717, 1.165) is 0 Å². The van der Waals surface area contributed by atoms with Gasteiger partial charge in [-0.2, -0.15) is 0 Å². The summed E-state index contributed by atoms with van der Waals surface area (Å²) in [4.78, 5) is 25.9. The molecule has 0 aliphatic heterocycles. The van der Waals surface area contributed by atoms with Crippen molar-refractivity contribution < 1.29 is 28.5 Å². The molecule has 3 aromatic rings. The highest BCUT2D eigenvalue weighted by molar-refractivity contribution is 6.32. The Morgan fingerprint density at radius 1 is 0.812 bits per heavy atom. The predicted molar refractivity (Wildman–Crippen MR) is 121 cm³/mol. The van der Waals surface area contributed by atoms with Gasteiger partial charge in [-0.15, -0.1) is 0 Å². The molecule has 7 nitrogen and oxygen atoms in total. The Balaban J connectivity index is 1.86. The molecule has 0 saturated carbocycles. The lowest BCUT2D eigenvalue weighted by Crippen LogP contribution is -2.26. The van der Waals surface area contributed by atoms with Crippen LogP contribution >= 0.6 is 11.6 Å². The van der Waals surface area contributed by atoms with E-state index in [9.17, 15) is 9.59 Å². The van der Waals surface area contributed by atoms with Crippen molar-refractivity contribution in [3.8, 4) is 17.2 Å². The molecule has 0 saturated heterocycles. The van der Waals surface area contributed by atoms with Gasteiger partial charge in [-0.05, 0) is 36.4 Å². The van der Waals surface area contributed by atoms with Gasteiger partial charge in [0.1, 0.15) is 5.75 Å². The molecular weight excluding hydrogens is 434 g/mol. The summed E-state index contributed by atoms with van der Waals surface area (Å²) in [5.41, 5.74) is 1.16. The second-order valence-corrected chi connectivity index (χ2v) is 7.01. The first-order valence-electron chi connectivity index (χ1n) is 9.59. The van der Waals surface area contributed by atoms with Gasteiger partial charge in [0.2, 0.25) is 6.10 Å². The van der Waals surface area contributed by atoms with Gasteiger partial charge in [-0.1, -0.05) is 41.9 Å². The van der Waals surface area contributed by atoms with E-state index >= 15 is 0 Å². The van der Waals surface area contributed by atoms with E-state index in [0.29, 0.717) is 33.5 Å². The van der Waals surface area contributed by atoms with Gasteiger partial charge < -0.3 is 24.3 Å². The molecule has 0 aliphatic carbocycles. The van der Waals surface area contributed by atoms with Gasteiger partial charge in [-0.25, -0.2) is 4.79 Å². The average Bonchev–Trinajstić information content (AvgIpc) is 2.82. The van der Waals surface area contributed by atoms with Crippen LogP contribution in [-0.4, -0.2) is 33.2 Å². The van der Waals surface area contributed by atoms with Gasteiger partial charge in [0.05, 0.1) is 31.9 Å². The van der Waals surface area contributed by atoms with Crippen LogP contribution in [-0.2, 0) is 9.53 Å². The Labute approximate surface area is 190 Å². The lowest BCUT2D eigenvalue weighted by Gasteiger charge is -2.19. The molecule has 0 spiro atoms. The van der Waals surface area contributed by atoms with Gasteiger partial charge >= 0.3 is 5.97 Å². The second-order valence-electron chi connectivity index (χ2n) is 6.60. The van der Waals surface area contributed by atoms with Crippen LogP contribution in [0.4, 0.5) is 5.69 Å².